The van der Waals surface area contributed by atoms with Crippen molar-refractivity contribution in [1.82, 2.24) is 4.98 Å². The third-order valence-corrected chi connectivity index (χ3v) is 7.25. The molecule has 172 valence electrons. The molecule has 0 N–H and O–H groups in total. The molecule has 0 bridgehead atoms. The van der Waals surface area contributed by atoms with E-state index in [4.69, 9.17) is 19.5 Å². The molecule has 0 unspecified atom stereocenters. The Kier molecular flexibility index (Phi) is 5.75. The van der Waals surface area contributed by atoms with Gasteiger partial charge in [-0.1, -0.05) is 54.1 Å². The van der Waals surface area contributed by atoms with Crippen LogP contribution in [0.15, 0.2) is 89.9 Å². The maximum Gasteiger partial charge on any atom is 2.00 e. The summed E-state index contributed by atoms with van der Waals surface area (Å²) in [6, 6.07) is 34.9. The van der Waals surface area contributed by atoms with E-state index < -0.39 is 0 Å². The summed E-state index contributed by atoms with van der Waals surface area (Å²) in [5.41, 5.74) is 5.28. The molecule has 5 aromatic rings. The minimum absolute atomic E-state index is 0. The molecule has 35 heavy (non-hydrogen) atoms. The first kappa shape index (κ1) is 22.2. The molecule has 7 rings (SSSR count). The predicted octanol–water partition coefficient (Wildman–Crippen LogP) is 6.80. The molecule has 6 heteroatoms. The van der Waals surface area contributed by atoms with Crippen LogP contribution in [0.2, 0.25) is 0 Å². The van der Waals surface area contributed by atoms with E-state index in [-0.39, 0.29) is 33.2 Å². The van der Waals surface area contributed by atoms with Crippen LogP contribution in [-0.4, -0.2) is 17.0 Å². The summed E-state index contributed by atoms with van der Waals surface area (Å²) in [5, 5.41) is 0.921. The number of aromatic nitrogens is 1. The molecule has 2 heterocycles. The van der Waals surface area contributed by atoms with Gasteiger partial charge in [-0.3, -0.25) is 9.98 Å². The second-order valence-electron chi connectivity index (χ2n) is 8.38. The molecule has 0 fully saturated rings. The van der Waals surface area contributed by atoms with Crippen molar-refractivity contribution in [2.75, 3.05) is 0 Å². The van der Waals surface area contributed by atoms with E-state index in [2.05, 4.69) is 42.5 Å². The van der Waals surface area contributed by atoms with Crippen LogP contribution in [0, 0.1) is 12.1 Å². The van der Waals surface area contributed by atoms with Gasteiger partial charge in [-0.2, -0.15) is 11.3 Å². The number of hydrogen-bond donors (Lipinski definition) is 0. The first-order chi connectivity index (χ1) is 16.8. The van der Waals surface area contributed by atoms with Gasteiger partial charge in [-0.05, 0) is 23.3 Å². The standard InChI is InChI=1S/C29H18N2O2S.Pt/c1-2-12-23-18(7-1)17-25-27(23)31-28(33-25)19-8-5-10-21(15-19)32-22-11-6-9-20(16-22)29-30-24-13-3-4-14-26(24)34-29;/h1-14,25,27H,17H2;/q-2;+2/t25-,27+;/m1./s1. The summed E-state index contributed by atoms with van der Waals surface area (Å²) in [7, 11) is 0. The van der Waals surface area contributed by atoms with Crippen LogP contribution in [0.25, 0.3) is 20.8 Å². The van der Waals surface area contributed by atoms with Gasteiger partial charge in [-0.25, -0.2) is 0 Å². The molecule has 0 spiro atoms. The quantitative estimate of drug-likeness (QED) is 0.201. The number of thiazole rings is 1. The third-order valence-electron chi connectivity index (χ3n) is 6.18. The monoisotopic (exact) mass is 653 g/mol. The van der Waals surface area contributed by atoms with Crippen molar-refractivity contribution in [3.8, 4) is 22.1 Å². The smallest absolute Gasteiger partial charge is 0.514 e. The van der Waals surface area contributed by atoms with Crippen LogP contribution in [-0.2, 0) is 32.2 Å². The summed E-state index contributed by atoms with van der Waals surface area (Å²) in [6.45, 7) is 0. The van der Waals surface area contributed by atoms with Crippen LogP contribution < -0.4 is 4.74 Å². The van der Waals surface area contributed by atoms with Crippen LogP contribution in [0.1, 0.15) is 22.7 Å². The number of hydrogen-bond acceptors (Lipinski definition) is 5. The van der Waals surface area contributed by atoms with E-state index >= 15 is 0 Å². The fourth-order valence-electron chi connectivity index (χ4n) is 4.60. The zero-order valence-electron chi connectivity index (χ0n) is 18.4. The van der Waals surface area contributed by atoms with Crippen molar-refractivity contribution < 1.29 is 30.5 Å². The number of benzene rings is 4. The fraction of sp³-hybridized carbons (Fsp3) is 0.103. The number of ether oxygens (including phenoxy) is 2. The maximum atomic E-state index is 6.21. The molecule has 1 aromatic heterocycles. The van der Waals surface area contributed by atoms with Crippen LogP contribution in [0.5, 0.6) is 11.5 Å². The van der Waals surface area contributed by atoms with Gasteiger partial charge in [0.1, 0.15) is 18.0 Å². The number of para-hydroxylation sites is 1. The molecule has 0 saturated carbocycles. The summed E-state index contributed by atoms with van der Waals surface area (Å²) < 4.78 is 13.5. The van der Waals surface area contributed by atoms with Gasteiger partial charge in [-0.15, -0.1) is 42.0 Å². The Morgan fingerprint density at radius 3 is 2.43 bits per heavy atom. The molecule has 4 nitrogen and oxygen atoms in total. The number of aliphatic imine (C=N–C) groups is 1. The number of nitrogens with zero attached hydrogens (tertiary/aromatic N) is 2. The summed E-state index contributed by atoms with van der Waals surface area (Å²) in [4.78, 5) is 9.61. The third kappa shape index (κ3) is 4.09. The van der Waals surface area contributed by atoms with Crippen molar-refractivity contribution >= 4 is 27.5 Å². The number of rotatable bonds is 4. The topological polar surface area (TPSA) is 43.7 Å². The normalized spacial score (nSPS) is 17.8. The van der Waals surface area contributed by atoms with E-state index in [1.54, 1.807) is 11.3 Å². The predicted molar refractivity (Wildman–Crippen MR) is 134 cm³/mol. The Labute approximate surface area is 221 Å². The fourth-order valence-corrected chi connectivity index (χ4v) is 5.55. The molecule has 1 aliphatic carbocycles. The van der Waals surface area contributed by atoms with Crippen LogP contribution >= 0.6 is 11.3 Å². The first-order valence-electron chi connectivity index (χ1n) is 11.2. The molecule has 0 radical (unpaired) electrons. The molecule has 4 aromatic carbocycles. The van der Waals surface area contributed by atoms with Crippen LogP contribution in [0.3, 0.4) is 0 Å². The van der Waals surface area contributed by atoms with E-state index in [0.717, 1.165) is 32.8 Å². The van der Waals surface area contributed by atoms with Crippen molar-refractivity contribution in [2.45, 2.75) is 18.6 Å². The summed E-state index contributed by atoms with van der Waals surface area (Å²) in [6.07, 6.45) is 0.946. The minimum Gasteiger partial charge on any atom is -0.514 e. The minimum atomic E-state index is 0. The van der Waals surface area contributed by atoms with E-state index in [0.29, 0.717) is 17.4 Å². The van der Waals surface area contributed by atoms with Crippen molar-refractivity contribution in [2.24, 2.45) is 4.99 Å². The van der Waals surface area contributed by atoms with Gasteiger partial charge in [0, 0.05) is 27.6 Å². The Morgan fingerprint density at radius 2 is 1.57 bits per heavy atom. The van der Waals surface area contributed by atoms with Gasteiger partial charge in [0.15, 0.2) is 0 Å². The van der Waals surface area contributed by atoms with Gasteiger partial charge >= 0.3 is 21.1 Å². The van der Waals surface area contributed by atoms with Gasteiger partial charge in [0.2, 0.25) is 0 Å². The molecule has 0 amide bonds. The molecular weight excluding hydrogens is 635 g/mol. The van der Waals surface area contributed by atoms with Gasteiger partial charge in [0.05, 0.1) is 5.52 Å². The van der Waals surface area contributed by atoms with Gasteiger partial charge in [0.25, 0.3) is 0 Å². The average Bonchev–Trinajstić information content (AvgIpc) is 3.57. The molecule has 1 aliphatic heterocycles. The Hall–Kier alpha value is -3.27. The van der Waals surface area contributed by atoms with E-state index in [9.17, 15) is 0 Å². The zero-order chi connectivity index (χ0) is 22.5. The Morgan fingerprint density at radius 1 is 0.829 bits per heavy atom. The molecule has 2 atom stereocenters. The molecule has 2 aliphatic rings. The van der Waals surface area contributed by atoms with Crippen molar-refractivity contribution in [3.05, 3.63) is 114 Å². The Bertz CT molecular complexity index is 1550. The molecular formula is C29H18N2O2PtS. The molecule has 0 saturated heterocycles. The summed E-state index contributed by atoms with van der Waals surface area (Å²) in [5.74, 6) is 1.84. The maximum absolute atomic E-state index is 6.21. The Balaban J connectivity index is 0.00000229. The zero-order valence-corrected chi connectivity index (χ0v) is 21.5. The van der Waals surface area contributed by atoms with Crippen LogP contribution in [0.4, 0.5) is 0 Å². The van der Waals surface area contributed by atoms with Crippen molar-refractivity contribution in [1.29, 1.82) is 0 Å². The van der Waals surface area contributed by atoms with Crippen molar-refractivity contribution in [3.63, 3.8) is 0 Å². The van der Waals surface area contributed by atoms with E-state index in [1.165, 1.54) is 11.1 Å². The average molecular weight is 654 g/mol. The SMILES string of the molecule is [Pt+2].[c-]1c(Oc2[c-]c(-c3nc4ccccc4s3)ccc2)cccc1C1=N[C@H]2c3ccccc3C[C@H]2O1. The second-order valence-corrected chi connectivity index (χ2v) is 9.42. The first-order valence-corrected chi connectivity index (χ1v) is 12.0. The number of fused-ring (bicyclic) bond motifs is 4. The van der Waals surface area contributed by atoms with Gasteiger partial charge < -0.3 is 9.47 Å². The largest absolute Gasteiger partial charge is 2.00 e. The van der Waals surface area contributed by atoms with E-state index in [1.807, 2.05) is 54.6 Å². The second kappa shape index (κ2) is 9.07. The summed E-state index contributed by atoms with van der Waals surface area (Å²) >= 11 is 1.65.